The Labute approximate surface area is 113 Å². The number of rotatable bonds is 4. The molecule has 0 aromatic heterocycles. The zero-order valence-electron chi connectivity index (χ0n) is 11.1. The minimum atomic E-state index is -3.05. The Morgan fingerprint density at radius 2 is 2.00 bits per heavy atom. The van der Waals surface area contributed by atoms with Gasteiger partial charge in [0.2, 0.25) is 0 Å². The number of benzene rings is 1. The highest BCUT2D eigenvalue weighted by atomic mass is 32.2. The van der Waals surface area contributed by atoms with E-state index in [0.29, 0.717) is 17.7 Å². The molecule has 0 spiro atoms. The van der Waals surface area contributed by atoms with Crippen molar-refractivity contribution >= 4 is 15.6 Å². The zero-order chi connectivity index (χ0) is 14.0. The van der Waals surface area contributed by atoms with E-state index in [1.165, 1.54) is 0 Å². The van der Waals surface area contributed by atoms with Crippen LogP contribution in [0.1, 0.15) is 30.6 Å². The first-order valence-electron chi connectivity index (χ1n) is 6.39. The van der Waals surface area contributed by atoms with Crippen LogP contribution in [0.2, 0.25) is 0 Å². The fourth-order valence-corrected chi connectivity index (χ4v) is 3.99. The van der Waals surface area contributed by atoms with Crippen molar-refractivity contribution in [3.8, 4) is 5.75 Å². The van der Waals surface area contributed by atoms with Crippen molar-refractivity contribution in [3.63, 3.8) is 0 Å². The Hall–Kier alpha value is -1.36. The molecule has 1 fully saturated rings. The minimum absolute atomic E-state index is 0.0266. The second kappa shape index (κ2) is 5.33. The van der Waals surface area contributed by atoms with Crippen LogP contribution in [0.25, 0.3) is 0 Å². The zero-order valence-corrected chi connectivity index (χ0v) is 11.9. The van der Waals surface area contributed by atoms with Crippen LogP contribution in [0.15, 0.2) is 24.3 Å². The number of carbonyl (C=O) groups is 1. The van der Waals surface area contributed by atoms with E-state index in [4.69, 9.17) is 4.74 Å². The lowest BCUT2D eigenvalue weighted by Gasteiger charge is -2.15. The third-order valence-corrected chi connectivity index (χ3v) is 4.89. The maximum absolute atomic E-state index is 12.4. The molecule has 104 valence electrons. The summed E-state index contributed by atoms with van der Waals surface area (Å²) in [6, 6.07) is 7.02. The molecule has 1 aliphatic heterocycles. The van der Waals surface area contributed by atoms with Crippen LogP contribution >= 0.6 is 0 Å². The number of para-hydroxylation sites is 1. The summed E-state index contributed by atoms with van der Waals surface area (Å²) >= 11 is 0. The second-order valence-electron chi connectivity index (χ2n) is 5.13. The van der Waals surface area contributed by atoms with Crippen molar-refractivity contribution in [2.45, 2.75) is 26.4 Å². The lowest BCUT2D eigenvalue weighted by molar-refractivity contribution is 0.0927. The highest BCUT2D eigenvalue weighted by molar-refractivity contribution is 7.91. The standard InChI is InChI=1S/C14H18O4S/c1-10(2)18-13-6-4-3-5-12(13)14(15)11-7-8-19(16,17)9-11/h3-6,10-11H,7-9H2,1-2H3. The number of ketones is 1. The van der Waals surface area contributed by atoms with Gasteiger partial charge in [0.05, 0.1) is 23.2 Å². The van der Waals surface area contributed by atoms with Gasteiger partial charge in [0.1, 0.15) is 5.75 Å². The molecule has 2 rings (SSSR count). The summed E-state index contributed by atoms with van der Waals surface area (Å²) in [5.74, 6) is 0.0457. The van der Waals surface area contributed by atoms with E-state index in [0.717, 1.165) is 0 Å². The first-order valence-corrected chi connectivity index (χ1v) is 8.21. The number of carbonyl (C=O) groups excluding carboxylic acids is 1. The summed E-state index contributed by atoms with van der Waals surface area (Å²) in [5.41, 5.74) is 0.485. The van der Waals surface area contributed by atoms with Gasteiger partial charge in [0.15, 0.2) is 15.6 Å². The molecule has 19 heavy (non-hydrogen) atoms. The summed E-state index contributed by atoms with van der Waals surface area (Å²) in [4.78, 5) is 12.4. The third kappa shape index (κ3) is 3.35. The van der Waals surface area contributed by atoms with Crippen LogP contribution in [0.5, 0.6) is 5.75 Å². The third-order valence-electron chi connectivity index (χ3n) is 3.12. The fourth-order valence-electron chi connectivity index (χ4n) is 2.25. The van der Waals surface area contributed by atoms with Crippen LogP contribution in [0, 0.1) is 5.92 Å². The highest BCUT2D eigenvalue weighted by Crippen LogP contribution is 2.27. The number of sulfone groups is 1. The smallest absolute Gasteiger partial charge is 0.170 e. The lowest BCUT2D eigenvalue weighted by Crippen LogP contribution is -2.18. The minimum Gasteiger partial charge on any atom is -0.490 e. The average Bonchev–Trinajstić information content (AvgIpc) is 2.69. The predicted octanol–water partition coefficient (Wildman–Crippen LogP) is 2.09. The van der Waals surface area contributed by atoms with Gasteiger partial charge in [-0.1, -0.05) is 12.1 Å². The van der Waals surface area contributed by atoms with Crippen LogP contribution in [0.4, 0.5) is 0 Å². The van der Waals surface area contributed by atoms with Gasteiger partial charge in [-0.05, 0) is 32.4 Å². The van der Waals surface area contributed by atoms with Crippen molar-refractivity contribution < 1.29 is 17.9 Å². The Kier molecular flexibility index (Phi) is 3.94. The van der Waals surface area contributed by atoms with Gasteiger partial charge in [-0.25, -0.2) is 8.42 Å². The van der Waals surface area contributed by atoms with E-state index < -0.39 is 15.8 Å². The molecule has 1 aliphatic rings. The summed E-state index contributed by atoms with van der Waals surface area (Å²) in [6.45, 7) is 3.78. The van der Waals surface area contributed by atoms with Crippen molar-refractivity contribution in [2.75, 3.05) is 11.5 Å². The molecule has 1 heterocycles. The Morgan fingerprint density at radius 3 is 2.58 bits per heavy atom. The normalized spacial score (nSPS) is 21.5. The number of Topliss-reactive ketones (excluding diaryl/α,β-unsaturated/α-hetero) is 1. The summed E-state index contributed by atoms with van der Waals surface area (Å²) in [6.07, 6.45) is 0.387. The Morgan fingerprint density at radius 1 is 1.32 bits per heavy atom. The SMILES string of the molecule is CC(C)Oc1ccccc1C(=O)C1CCS(=O)(=O)C1. The predicted molar refractivity (Wildman–Crippen MR) is 73.3 cm³/mol. The van der Waals surface area contributed by atoms with Crippen LogP contribution < -0.4 is 4.74 Å². The molecule has 1 atom stereocenters. The van der Waals surface area contributed by atoms with Crippen molar-refractivity contribution in [3.05, 3.63) is 29.8 Å². The molecule has 0 aliphatic carbocycles. The molecule has 1 aromatic rings. The van der Waals surface area contributed by atoms with E-state index in [2.05, 4.69) is 0 Å². The molecule has 1 unspecified atom stereocenters. The number of hydrogen-bond donors (Lipinski definition) is 0. The van der Waals surface area contributed by atoms with Gasteiger partial charge in [0, 0.05) is 5.92 Å². The summed E-state index contributed by atoms with van der Waals surface area (Å²) < 4.78 is 28.5. The van der Waals surface area contributed by atoms with Crippen LogP contribution in [-0.2, 0) is 9.84 Å². The van der Waals surface area contributed by atoms with Crippen molar-refractivity contribution in [1.82, 2.24) is 0 Å². The highest BCUT2D eigenvalue weighted by Gasteiger charge is 2.34. The van der Waals surface area contributed by atoms with Crippen LogP contribution in [-0.4, -0.2) is 31.8 Å². The fraction of sp³-hybridized carbons (Fsp3) is 0.500. The first-order chi connectivity index (χ1) is 8.89. The lowest BCUT2D eigenvalue weighted by atomic mass is 9.96. The Bertz CT molecular complexity index is 575. The second-order valence-corrected chi connectivity index (χ2v) is 7.36. The molecule has 0 amide bonds. The van der Waals surface area contributed by atoms with Crippen molar-refractivity contribution in [2.24, 2.45) is 5.92 Å². The molecule has 0 saturated carbocycles. The molecule has 0 N–H and O–H groups in total. The monoisotopic (exact) mass is 282 g/mol. The maximum Gasteiger partial charge on any atom is 0.170 e. The summed E-state index contributed by atoms with van der Waals surface area (Å²) in [7, 11) is -3.05. The number of hydrogen-bond acceptors (Lipinski definition) is 4. The van der Waals surface area contributed by atoms with Gasteiger partial charge in [-0.2, -0.15) is 0 Å². The van der Waals surface area contributed by atoms with E-state index in [1.54, 1.807) is 24.3 Å². The molecule has 1 aromatic carbocycles. The maximum atomic E-state index is 12.4. The van der Waals surface area contributed by atoms with Gasteiger partial charge in [0.25, 0.3) is 0 Å². The molecule has 0 bridgehead atoms. The largest absolute Gasteiger partial charge is 0.490 e. The topological polar surface area (TPSA) is 60.4 Å². The molecule has 4 nitrogen and oxygen atoms in total. The first kappa shape index (κ1) is 14.1. The van der Waals surface area contributed by atoms with E-state index in [1.807, 2.05) is 13.8 Å². The summed E-state index contributed by atoms with van der Waals surface area (Å²) in [5, 5.41) is 0. The van der Waals surface area contributed by atoms with Gasteiger partial charge in [-0.15, -0.1) is 0 Å². The van der Waals surface area contributed by atoms with E-state index in [9.17, 15) is 13.2 Å². The molecular formula is C14H18O4S. The average molecular weight is 282 g/mol. The number of ether oxygens (including phenoxy) is 1. The van der Waals surface area contributed by atoms with E-state index in [-0.39, 0.29) is 23.4 Å². The van der Waals surface area contributed by atoms with E-state index >= 15 is 0 Å². The molecule has 1 saturated heterocycles. The van der Waals surface area contributed by atoms with Crippen LogP contribution in [0.3, 0.4) is 0 Å². The van der Waals surface area contributed by atoms with Gasteiger partial charge < -0.3 is 4.74 Å². The molecule has 0 radical (unpaired) electrons. The van der Waals surface area contributed by atoms with Gasteiger partial charge in [-0.3, -0.25) is 4.79 Å². The van der Waals surface area contributed by atoms with Gasteiger partial charge >= 0.3 is 0 Å². The Balaban J connectivity index is 2.24. The molecular weight excluding hydrogens is 264 g/mol. The van der Waals surface area contributed by atoms with Crippen molar-refractivity contribution in [1.29, 1.82) is 0 Å². The molecule has 5 heteroatoms. The quantitative estimate of drug-likeness (QED) is 0.793.